The van der Waals surface area contributed by atoms with Gasteiger partial charge in [-0.05, 0) is 49.4 Å². The third-order valence-electron chi connectivity index (χ3n) is 17.7. The van der Waals surface area contributed by atoms with Crippen LogP contribution >= 0.6 is 15.6 Å². The summed E-state index contributed by atoms with van der Waals surface area (Å²) in [7, 11) is -9.91. The number of carbonyl (C=O) groups excluding carboxylic acids is 4. The molecular weight excluding hydrogens is 1230 g/mol. The molecule has 0 bridgehead atoms. The molecule has 6 atom stereocenters. The molecule has 0 heterocycles. The highest BCUT2D eigenvalue weighted by molar-refractivity contribution is 7.47. The lowest BCUT2D eigenvalue weighted by Crippen LogP contribution is -2.30. The van der Waals surface area contributed by atoms with E-state index >= 15 is 0 Å². The summed E-state index contributed by atoms with van der Waals surface area (Å²) in [5, 5.41) is 10.6. The van der Waals surface area contributed by atoms with Gasteiger partial charge in [-0.1, -0.05) is 325 Å². The highest BCUT2D eigenvalue weighted by atomic mass is 31.2. The van der Waals surface area contributed by atoms with Gasteiger partial charge in [0, 0.05) is 25.7 Å². The minimum Gasteiger partial charge on any atom is -0.462 e. The molecule has 19 heteroatoms. The average Bonchev–Trinajstić information content (AvgIpc) is 2.51. The number of rotatable bonds is 72. The molecule has 0 spiro atoms. The van der Waals surface area contributed by atoms with Crippen LogP contribution in [-0.4, -0.2) is 96.7 Å². The molecule has 0 aliphatic carbocycles. The summed E-state index contributed by atoms with van der Waals surface area (Å²) in [6.45, 7) is 14.1. The number of hydrogen-bond acceptors (Lipinski definition) is 15. The zero-order chi connectivity index (χ0) is 69.6. The van der Waals surface area contributed by atoms with E-state index in [1.165, 1.54) is 167 Å². The van der Waals surface area contributed by atoms with Gasteiger partial charge in [-0.25, -0.2) is 9.13 Å². The minimum atomic E-state index is -4.96. The third-order valence-corrected chi connectivity index (χ3v) is 19.6. The van der Waals surface area contributed by atoms with Gasteiger partial charge < -0.3 is 33.8 Å². The Morgan fingerprint density at radius 1 is 0.298 bits per heavy atom. The lowest BCUT2D eigenvalue weighted by atomic mass is 9.99. The summed E-state index contributed by atoms with van der Waals surface area (Å²) in [6, 6.07) is 0. The van der Waals surface area contributed by atoms with Crippen molar-refractivity contribution < 1.29 is 80.2 Å². The lowest BCUT2D eigenvalue weighted by molar-refractivity contribution is -0.161. The smallest absolute Gasteiger partial charge is 0.462 e. The summed E-state index contributed by atoms with van der Waals surface area (Å²) in [5.74, 6) is 0.880. The Morgan fingerprint density at radius 2 is 0.511 bits per heavy atom. The first-order chi connectivity index (χ1) is 45.1. The second kappa shape index (κ2) is 64.4. The maximum absolute atomic E-state index is 13.1. The molecule has 94 heavy (non-hydrogen) atoms. The van der Waals surface area contributed by atoms with Crippen molar-refractivity contribution in [3.05, 3.63) is 0 Å². The number of carbonyl (C=O) groups is 4. The fourth-order valence-corrected chi connectivity index (χ4v) is 12.9. The average molecular weight is 1380 g/mol. The largest absolute Gasteiger partial charge is 0.472 e. The minimum absolute atomic E-state index is 0.104. The van der Waals surface area contributed by atoms with E-state index in [2.05, 4.69) is 55.4 Å². The molecule has 0 fully saturated rings. The van der Waals surface area contributed by atoms with Crippen molar-refractivity contribution in [2.45, 2.75) is 395 Å². The molecule has 0 aromatic carbocycles. The van der Waals surface area contributed by atoms with Crippen LogP contribution in [0.3, 0.4) is 0 Å². The van der Waals surface area contributed by atoms with E-state index in [0.717, 1.165) is 115 Å². The Balaban J connectivity index is 5.15. The van der Waals surface area contributed by atoms with E-state index in [4.69, 9.17) is 37.0 Å². The molecule has 4 unspecified atom stereocenters. The van der Waals surface area contributed by atoms with Crippen LogP contribution < -0.4 is 0 Å². The van der Waals surface area contributed by atoms with Crippen LogP contribution in [0.25, 0.3) is 0 Å². The lowest BCUT2D eigenvalue weighted by Gasteiger charge is -2.21. The predicted octanol–water partition coefficient (Wildman–Crippen LogP) is 21.7. The number of esters is 4. The van der Waals surface area contributed by atoms with Crippen molar-refractivity contribution in [2.24, 2.45) is 23.7 Å². The van der Waals surface area contributed by atoms with Gasteiger partial charge in [-0.3, -0.25) is 37.3 Å². The van der Waals surface area contributed by atoms with Crippen LogP contribution in [0.2, 0.25) is 0 Å². The maximum atomic E-state index is 13.1. The number of ether oxygens (including phenoxy) is 4. The van der Waals surface area contributed by atoms with E-state index < -0.39 is 97.5 Å². The molecular formula is C75H146O17P2. The van der Waals surface area contributed by atoms with Gasteiger partial charge >= 0.3 is 39.5 Å². The molecule has 0 saturated carbocycles. The van der Waals surface area contributed by atoms with Crippen LogP contribution in [0.4, 0.5) is 0 Å². The van der Waals surface area contributed by atoms with Crippen molar-refractivity contribution >= 4 is 39.5 Å². The Labute approximate surface area is 575 Å². The van der Waals surface area contributed by atoms with E-state index in [1.54, 1.807) is 0 Å². The first kappa shape index (κ1) is 92.1. The van der Waals surface area contributed by atoms with E-state index in [0.29, 0.717) is 37.5 Å². The van der Waals surface area contributed by atoms with Crippen molar-refractivity contribution in [1.82, 2.24) is 0 Å². The van der Waals surface area contributed by atoms with Crippen molar-refractivity contribution in [1.29, 1.82) is 0 Å². The normalized spacial score (nSPS) is 14.4. The molecule has 17 nitrogen and oxygen atoms in total. The maximum Gasteiger partial charge on any atom is 0.472 e. The standard InChI is InChI=1S/C75H146O17P2/c1-9-68(8)54-46-38-29-23-18-16-14-12-10-11-13-15-17-19-24-30-41-49-57-74(79)91-70(61-85-72(77)55-47-39-32-26-28-36-44-52-66(4)5)63-89-93(81,82)87-59-69(76)60-88-94(83,84)90-64-71(62-86-73(78)56-48-40-34-33-37-45-53-67(6)7)92-75(80)58-50-42-31-25-21-20-22-27-35-43-51-65(2)3/h65-71,76H,9-64H2,1-8H3,(H,81,82)(H,83,84)/t68?,69?,70-,71-/m1/s1. The third kappa shape index (κ3) is 67.3. The van der Waals surface area contributed by atoms with Crippen LogP contribution in [0.1, 0.15) is 376 Å². The van der Waals surface area contributed by atoms with E-state index in [-0.39, 0.29) is 25.7 Å². The van der Waals surface area contributed by atoms with Gasteiger partial charge in [0.15, 0.2) is 12.2 Å². The second-order valence-electron chi connectivity index (χ2n) is 28.7. The number of aliphatic hydroxyl groups excluding tert-OH is 1. The first-order valence-electron chi connectivity index (χ1n) is 38.7. The van der Waals surface area contributed by atoms with Gasteiger partial charge in [-0.15, -0.1) is 0 Å². The number of hydrogen-bond donors (Lipinski definition) is 3. The summed E-state index contributed by atoms with van der Waals surface area (Å²) in [4.78, 5) is 72.6. The monoisotopic (exact) mass is 1380 g/mol. The molecule has 0 rings (SSSR count). The Hall–Kier alpha value is -1.94. The molecule has 558 valence electrons. The van der Waals surface area contributed by atoms with Crippen molar-refractivity contribution in [3.8, 4) is 0 Å². The number of phosphoric ester groups is 2. The van der Waals surface area contributed by atoms with Crippen LogP contribution in [0.15, 0.2) is 0 Å². The quantitative estimate of drug-likeness (QED) is 0.0222. The second-order valence-corrected chi connectivity index (χ2v) is 31.6. The predicted molar refractivity (Wildman–Crippen MR) is 381 cm³/mol. The molecule has 0 radical (unpaired) electrons. The summed E-state index contributed by atoms with van der Waals surface area (Å²) >= 11 is 0. The van der Waals surface area contributed by atoms with E-state index in [1.807, 2.05) is 0 Å². The van der Waals surface area contributed by atoms with Crippen LogP contribution in [0, 0.1) is 23.7 Å². The Kier molecular flexibility index (Phi) is 63.1. The van der Waals surface area contributed by atoms with Gasteiger partial charge in [0.25, 0.3) is 0 Å². The van der Waals surface area contributed by atoms with E-state index in [9.17, 15) is 43.2 Å². The molecule has 0 aliphatic rings. The molecule has 0 saturated heterocycles. The number of phosphoric acid groups is 2. The highest BCUT2D eigenvalue weighted by Gasteiger charge is 2.30. The Bertz CT molecular complexity index is 1850. The molecule has 0 amide bonds. The van der Waals surface area contributed by atoms with Crippen LogP contribution in [-0.2, 0) is 65.4 Å². The molecule has 0 aromatic heterocycles. The summed E-state index contributed by atoms with van der Waals surface area (Å²) in [6.07, 6.45) is 48.9. The zero-order valence-corrected chi connectivity index (χ0v) is 63.4. The SMILES string of the molecule is CCC(C)CCCCCCCCCCCCCCCCCCCCC(=O)O[C@H](COC(=O)CCCCCCCCCC(C)C)COP(=O)(O)OCC(O)COP(=O)(O)OC[C@@H](COC(=O)CCCCCCCCC(C)C)OC(=O)CCCCCCCCCCCCC(C)C. The van der Waals surface area contributed by atoms with Crippen molar-refractivity contribution in [2.75, 3.05) is 39.6 Å². The topological polar surface area (TPSA) is 237 Å². The number of aliphatic hydroxyl groups is 1. The summed E-state index contributed by atoms with van der Waals surface area (Å²) in [5.41, 5.74) is 0. The fraction of sp³-hybridized carbons (Fsp3) is 0.947. The fourth-order valence-electron chi connectivity index (χ4n) is 11.3. The highest BCUT2D eigenvalue weighted by Crippen LogP contribution is 2.45. The molecule has 3 N–H and O–H groups in total. The van der Waals surface area contributed by atoms with Crippen LogP contribution in [0.5, 0.6) is 0 Å². The molecule has 0 aromatic rings. The van der Waals surface area contributed by atoms with Gasteiger partial charge in [-0.2, -0.15) is 0 Å². The van der Waals surface area contributed by atoms with Crippen molar-refractivity contribution in [3.63, 3.8) is 0 Å². The van der Waals surface area contributed by atoms with Gasteiger partial charge in [0.05, 0.1) is 26.4 Å². The molecule has 0 aliphatic heterocycles. The summed E-state index contributed by atoms with van der Waals surface area (Å²) < 4.78 is 68.4. The number of unbranched alkanes of at least 4 members (excludes halogenated alkanes) is 37. The van der Waals surface area contributed by atoms with Gasteiger partial charge in [0.2, 0.25) is 0 Å². The van der Waals surface area contributed by atoms with Gasteiger partial charge in [0.1, 0.15) is 19.3 Å². The first-order valence-corrected chi connectivity index (χ1v) is 41.7. The zero-order valence-electron chi connectivity index (χ0n) is 61.6. The Morgan fingerprint density at radius 3 is 0.755 bits per heavy atom.